The van der Waals surface area contributed by atoms with Gasteiger partial charge in [-0.25, -0.2) is 9.97 Å². The lowest BCUT2D eigenvalue weighted by Gasteiger charge is -2.22. The molecule has 0 amide bonds. The van der Waals surface area contributed by atoms with Gasteiger partial charge >= 0.3 is 0 Å². The highest BCUT2D eigenvalue weighted by Crippen LogP contribution is 2.25. The molecule has 2 rings (SSSR count). The smallest absolute Gasteiger partial charge is 0.261 e. The standard InChI is InChI=1S/C10H14N4O.CH4O3S/c1-10(15,8-11-4-6-13(8)2)9-12-5-7-14(9)3;1-5(2,3)4/h4-7,15H,1-3H3;1H3,(H,2,3,4). The van der Waals surface area contributed by atoms with Gasteiger partial charge in [0, 0.05) is 38.9 Å². The molecule has 0 radical (unpaired) electrons. The molecule has 0 aliphatic rings. The van der Waals surface area contributed by atoms with Crippen LogP contribution in [0.25, 0.3) is 0 Å². The zero-order valence-electron chi connectivity index (χ0n) is 11.7. The Bertz CT molecular complexity index is 622. The molecule has 2 heterocycles. The minimum absolute atomic E-state index is 0.580. The lowest BCUT2D eigenvalue weighted by atomic mass is 10.1. The summed E-state index contributed by atoms with van der Waals surface area (Å²) in [6.07, 6.45) is 7.63. The summed E-state index contributed by atoms with van der Waals surface area (Å²) in [5, 5.41) is 10.4. The molecule has 112 valence electrons. The van der Waals surface area contributed by atoms with Crippen LogP contribution in [0, 0.1) is 0 Å². The van der Waals surface area contributed by atoms with Crippen molar-refractivity contribution >= 4 is 10.1 Å². The Balaban J connectivity index is 0.000000347. The van der Waals surface area contributed by atoms with Gasteiger partial charge in [-0.2, -0.15) is 8.42 Å². The van der Waals surface area contributed by atoms with Crippen LogP contribution in [0.4, 0.5) is 0 Å². The van der Waals surface area contributed by atoms with E-state index in [2.05, 4.69) is 9.97 Å². The van der Waals surface area contributed by atoms with Crippen molar-refractivity contribution < 1.29 is 18.1 Å². The maximum atomic E-state index is 10.4. The summed E-state index contributed by atoms with van der Waals surface area (Å²) >= 11 is 0. The minimum atomic E-state index is -3.67. The normalized spacial score (nSPS) is 11.9. The summed E-state index contributed by atoms with van der Waals surface area (Å²) in [4.78, 5) is 8.29. The average Bonchev–Trinajstić information content (AvgIpc) is 2.84. The maximum absolute atomic E-state index is 10.4. The summed E-state index contributed by atoms with van der Waals surface area (Å²) in [5.41, 5.74) is -1.17. The third kappa shape index (κ3) is 4.15. The fourth-order valence-electron chi connectivity index (χ4n) is 1.77. The predicted molar refractivity (Wildman–Crippen MR) is 72.6 cm³/mol. The fourth-order valence-corrected chi connectivity index (χ4v) is 1.77. The van der Waals surface area contributed by atoms with E-state index >= 15 is 0 Å². The molecule has 2 N–H and O–H groups in total. The summed E-state index contributed by atoms with van der Waals surface area (Å²) in [6, 6.07) is 0. The van der Waals surface area contributed by atoms with Crippen molar-refractivity contribution in [3.8, 4) is 0 Å². The van der Waals surface area contributed by atoms with Crippen LogP contribution in [-0.4, -0.2) is 43.4 Å². The number of hydrogen-bond acceptors (Lipinski definition) is 5. The van der Waals surface area contributed by atoms with E-state index in [4.69, 9.17) is 4.55 Å². The Labute approximate surface area is 117 Å². The van der Waals surface area contributed by atoms with Gasteiger partial charge in [0.25, 0.3) is 10.1 Å². The van der Waals surface area contributed by atoms with Crippen LogP contribution < -0.4 is 0 Å². The van der Waals surface area contributed by atoms with E-state index in [1.807, 2.05) is 14.1 Å². The molecular formula is C11H18N4O4S. The van der Waals surface area contributed by atoms with Crippen molar-refractivity contribution in [3.63, 3.8) is 0 Å². The van der Waals surface area contributed by atoms with Crippen LogP contribution >= 0.6 is 0 Å². The van der Waals surface area contributed by atoms with E-state index in [9.17, 15) is 13.5 Å². The predicted octanol–water partition coefficient (Wildman–Crippen LogP) is -0.0866. The number of aryl methyl sites for hydroxylation is 2. The first-order valence-corrected chi connectivity index (χ1v) is 7.48. The Morgan fingerprint density at radius 1 is 1.10 bits per heavy atom. The van der Waals surface area contributed by atoms with Gasteiger partial charge < -0.3 is 14.2 Å². The van der Waals surface area contributed by atoms with Gasteiger partial charge in [0.2, 0.25) is 0 Å². The van der Waals surface area contributed by atoms with Gasteiger partial charge in [0.05, 0.1) is 6.26 Å². The van der Waals surface area contributed by atoms with Crippen LogP contribution in [0.1, 0.15) is 18.6 Å². The molecule has 9 heteroatoms. The van der Waals surface area contributed by atoms with Crippen molar-refractivity contribution in [2.24, 2.45) is 14.1 Å². The van der Waals surface area contributed by atoms with Crippen molar-refractivity contribution in [2.75, 3.05) is 6.26 Å². The Kier molecular flexibility index (Phi) is 4.69. The zero-order chi connectivity index (χ0) is 15.6. The van der Waals surface area contributed by atoms with Crippen molar-refractivity contribution in [1.82, 2.24) is 19.1 Å². The Morgan fingerprint density at radius 2 is 1.40 bits per heavy atom. The molecule has 0 atom stereocenters. The second-order valence-corrected chi connectivity index (χ2v) is 5.99. The van der Waals surface area contributed by atoms with Crippen molar-refractivity contribution in [1.29, 1.82) is 0 Å². The lowest BCUT2D eigenvalue weighted by Crippen LogP contribution is -2.30. The molecule has 0 spiro atoms. The third-order valence-corrected chi connectivity index (χ3v) is 2.51. The molecule has 0 unspecified atom stereocenters. The second kappa shape index (κ2) is 5.73. The Morgan fingerprint density at radius 3 is 1.60 bits per heavy atom. The van der Waals surface area contributed by atoms with Crippen molar-refractivity contribution in [3.05, 3.63) is 36.4 Å². The fraction of sp³-hybridized carbons (Fsp3) is 0.455. The zero-order valence-corrected chi connectivity index (χ0v) is 12.5. The van der Waals surface area contributed by atoms with Gasteiger partial charge in [-0.3, -0.25) is 4.55 Å². The van der Waals surface area contributed by atoms with Crippen LogP contribution in [0.15, 0.2) is 24.8 Å². The van der Waals surface area contributed by atoms with Gasteiger partial charge in [-0.05, 0) is 6.92 Å². The molecule has 2 aromatic rings. The molecular weight excluding hydrogens is 284 g/mol. The monoisotopic (exact) mass is 302 g/mol. The molecule has 0 aromatic carbocycles. The highest BCUT2D eigenvalue weighted by molar-refractivity contribution is 7.85. The molecule has 0 saturated carbocycles. The quantitative estimate of drug-likeness (QED) is 0.750. The summed E-state index contributed by atoms with van der Waals surface area (Å²) in [5.74, 6) is 1.16. The van der Waals surface area contributed by atoms with E-state index < -0.39 is 15.7 Å². The average molecular weight is 302 g/mol. The van der Waals surface area contributed by atoms with Gasteiger partial charge in [0.1, 0.15) is 11.6 Å². The molecule has 2 aromatic heterocycles. The first kappa shape index (κ1) is 16.3. The molecule has 0 saturated heterocycles. The van der Waals surface area contributed by atoms with Crippen molar-refractivity contribution in [2.45, 2.75) is 12.5 Å². The highest BCUT2D eigenvalue weighted by Gasteiger charge is 2.33. The molecule has 8 nitrogen and oxygen atoms in total. The number of rotatable bonds is 2. The maximum Gasteiger partial charge on any atom is 0.261 e. The van der Waals surface area contributed by atoms with Gasteiger partial charge in [0.15, 0.2) is 5.60 Å². The summed E-state index contributed by atoms with van der Waals surface area (Å²) in [7, 11) is 0.0273. The molecule has 0 aliphatic carbocycles. The number of aromatic nitrogens is 4. The van der Waals surface area contributed by atoms with E-state index in [1.165, 1.54) is 0 Å². The first-order valence-electron chi connectivity index (χ1n) is 5.64. The van der Waals surface area contributed by atoms with Crippen LogP contribution in [-0.2, 0) is 29.8 Å². The summed E-state index contributed by atoms with van der Waals surface area (Å²) in [6.45, 7) is 1.69. The molecule has 0 fully saturated rings. The minimum Gasteiger partial charge on any atom is -0.375 e. The molecule has 0 bridgehead atoms. The van der Waals surface area contributed by atoms with E-state index in [0.29, 0.717) is 17.9 Å². The van der Waals surface area contributed by atoms with Crippen LogP contribution in [0.5, 0.6) is 0 Å². The third-order valence-electron chi connectivity index (χ3n) is 2.51. The lowest BCUT2D eigenvalue weighted by molar-refractivity contribution is 0.0765. The number of hydrogen-bond donors (Lipinski definition) is 2. The number of aliphatic hydroxyl groups is 1. The van der Waals surface area contributed by atoms with Crippen LogP contribution in [0.2, 0.25) is 0 Å². The van der Waals surface area contributed by atoms with E-state index in [-0.39, 0.29) is 0 Å². The van der Waals surface area contributed by atoms with Crippen LogP contribution in [0.3, 0.4) is 0 Å². The number of nitrogens with zero attached hydrogens (tertiary/aromatic N) is 4. The SMILES string of the molecule is CS(=O)(=O)O.Cn1ccnc1C(C)(O)c1nccn1C. The largest absolute Gasteiger partial charge is 0.375 e. The highest BCUT2D eigenvalue weighted by atomic mass is 32.2. The molecule has 20 heavy (non-hydrogen) atoms. The number of imidazole rings is 2. The second-order valence-electron chi connectivity index (χ2n) is 4.53. The Hall–Kier alpha value is -1.71. The van der Waals surface area contributed by atoms with Gasteiger partial charge in [-0.15, -0.1) is 0 Å². The first-order chi connectivity index (χ1) is 9.03. The molecule has 0 aliphatic heterocycles. The van der Waals surface area contributed by atoms with E-state index in [0.717, 1.165) is 0 Å². The topological polar surface area (TPSA) is 110 Å². The summed E-state index contributed by atoms with van der Waals surface area (Å²) < 4.78 is 29.4. The van der Waals surface area contributed by atoms with E-state index in [1.54, 1.807) is 40.8 Å². The van der Waals surface area contributed by atoms with Gasteiger partial charge in [-0.1, -0.05) is 0 Å².